The fraction of sp³-hybridized carbons (Fsp3) is 0.133. The Bertz CT molecular complexity index is 749. The molecule has 5 nitrogen and oxygen atoms in total. The minimum atomic E-state index is -0.107. The molecule has 0 aliphatic rings. The van der Waals surface area contributed by atoms with E-state index in [-0.39, 0.29) is 5.91 Å². The van der Waals surface area contributed by atoms with Gasteiger partial charge in [-0.2, -0.15) is 0 Å². The zero-order valence-corrected chi connectivity index (χ0v) is 12.3. The fourth-order valence-electron chi connectivity index (χ4n) is 1.95. The lowest BCUT2D eigenvalue weighted by atomic mass is 10.2. The molecule has 0 spiro atoms. The lowest BCUT2D eigenvalue weighted by Crippen LogP contribution is -2.22. The number of hydrogen-bond donors (Lipinski definition) is 1. The molecule has 3 rings (SSSR count). The number of thiophene rings is 1. The van der Waals surface area contributed by atoms with Crippen molar-refractivity contribution in [2.45, 2.75) is 13.5 Å². The van der Waals surface area contributed by atoms with E-state index in [1.165, 1.54) is 4.88 Å². The quantitative estimate of drug-likeness (QED) is 0.805. The third-order valence-corrected chi connectivity index (χ3v) is 4.00. The van der Waals surface area contributed by atoms with Crippen molar-refractivity contribution in [3.63, 3.8) is 0 Å². The summed E-state index contributed by atoms with van der Waals surface area (Å²) in [6, 6.07) is 7.53. The number of aryl methyl sites for hydroxylation is 1. The first kappa shape index (κ1) is 13.5. The van der Waals surface area contributed by atoms with Gasteiger partial charge in [0, 0.05) is 33.9 Å². The molecular formula is C15H14N4OS. The minimum absolute atomic E-state index is 0.107. The van der Waals surface area contributed by atoms with Gasteiger partial charge in [0.2, 0.25) is 0 Å². The third kappa shape index (κ3) is 3.17. The van der Waals surface area contributed by atoms with E-state index < -0.39 is 0 Å². The van der Waals surface area contributed by atoms with Crippen LogP contribution in [0, 0.1) is 6.92 Å². The normalized spacial score (nSPS) is 10.5. The van der Waals surface area contributed by atoms with Crippen molar-refractivity contribution >= 4 is 17.2 Å². The van der Waals surface area contributed by atoms with Gasteiger partial charge in [0.15, 0.2) is 0 Å². The Hall–Kier alpha value is -2.47. The summed E-state index contributed by atoms with van der Waals surface area (Å²) in [5.41, 5.74) is 0.585. The van der Waals surface area contributed by atoms with E-state index in [1.807, 2.05) is 6.07 Å². The van der Waals surface area contributed by atoms with Crippen molar-refractivity contribution in [1.29, 1.82) is 0 Å². The predicted octanol–water partition coefficient (Wildman–Crippen LogP) is 2.57. The summed E-state index contributed by atoms with van der Waals surface area (Å²) in [7, 11) is 0. The van der Waals surface area contributed by atoms with Crippen LogP contribution in [-0.4, -0.2) is 20.4 Å². The summed E-state index contributed by atoms with van der Waals surface area (Å²) in [5.74, 6) is 0.567. The molecule has 0 aliphatic carbocycles. The number of amides is 1. The van der Waals surface area contributed by atoms with Gasteiger partial charge in [-0.25, -0.2) is 9.97 Å². The van der Waals surface area contributed by atoms with E-state index >= 15 is 0 Å². The Kier molecular flexibility index (Phi) is 3.79. The van der Waals surface area contributed by atoms with Crippen LogP contribution in [0.15, 0.2) is 49.2 Å². The van der Waals surface area contributed by atoms with Crippen LogP contribution < -0.4 is 5.32 Å². The molecule has 1 amide bonds. The van der Waals surface area contributed by atoms with Gasteiger partial charge in [0.05, 0.1) is 6.54 Å². The largest absolute Gasteiger partial charge is 0.347 e. The Morgan fingerprint density at radius 3 is 2.95 bits per heavy atom. The number of imidazole rings is 1. The van der Waals surface area contributed by atoms with Crippen molar-refractivity contribution in [3.8, 4) is 5.82 Å². The van der Waals surface area contributed by atoms with Gasteiger partial charge < -0.3 is 5.32 Å². The zero-order valence-electron chi connectivity index (χ0n) is 11.5. The summed E-state index contributed by atoms with van der Waals surface area (Å²) in [4.78, 5) is 22.8. The Labute approximate surface area is 126 Å². The van der Waals surface area contributed by atoms with Crippen molar-refractivity contribution in [1.82, 2.24) is 19.9 Å². The molecule has 3 aromatic rings. The van der Waals surface area contributed by atoms with Crippen LogP contribution >= 0.6 is 11.3 Å². The maximum Gasteiger partial charge on any atom is 0.251 e. The van der Waals surface area contributed by atoms with Crippen molar-refractivity contribution in [2.24, 2.45) is 0 Å². The monoisotopic (exact) mass is 298 g/mol. The highest BCUT2D eigenvalue weighted by Gasteiger charge is 2.08. The van der Waals surface area contributed by atoms with Crippen LogP contribution in [0.25, 0.3) is 5.82 Å². The maximum absolute atomic E-state index is 12.2. The molecule has 0 unspecified atom stereocenters. The van der Waals surface area contributed by atoms with Crippen molar-refractivity contribution in [3.05, 3.63) is 64.5 Å². The molecule has 3 aromatic heterocycles. The van der Waals surface area contributed by atoms with E-state index in [4.69, 9.17) is 0 Å². The summed E-state index contributed by atoms with van der Waals surface area (Å²) >= 11 is 1.69. The highest BCUT2D eigenvalue weighted by atomic mass is 32.1. The summed E-state index contributed by atoms with van der Waals surface area (Å²) in [5, 5.41) is 2.92. The number of aromatic nitrogens is 3. The van der Waals surface area contributed by atoms with Crippen LogP contribution in [-0.2, 0) is 6.54 Å². The molecule has 0 aromatic carbocycles. The van der Waals surface area contributed by atoms with Gasteiger partial charge in [-0.05, 0) is 31.2 Å². The summed E-state index contributed by atoms with van der Waals surface area (Å²) in [6.45, 7) is 2.59. The second kappa shape index (κ2) is 5.88. The average molecular weight is 298 g/mol. The molecule has 3 heterocycles. The Balaban J connectivity index is 1.71. The van der Waals surface area contributed by atoms with Gasteiger partial charge in [-0.3, -0.25) is 9.36 Å². The molecular weight excluding hydrogens is 284 g/mol. The highest BCUT2D eigenvalue weighted by Crippen LogP contribution is 2.15. The number of carbonyl (C=O) groups excluding carboxylic acids is 1. The van der Waals surface area contributed by atoms with Gasteiger partial charge in [-0.15, -0.1) is 11.3 Å². The van der Waals surface area contributed by atoms with Gasteiger partial charge >= 0.3 is 0 Å². The molecule has 6 heteroatoms. The van der Waals surface area contributed by atoms with E-state index in [2.05, 4.69) is 28.3 Å². The van der Waals surface area contributed by atoms with Crippen LogP contribution in [0.4, 0.5) is 0 Å². The molecule has 106 valence electrons. The topological polar surface area (TPSA) is 59.8 Å². The SMILES string of the molecule is Cc1ccc(CNC(=O)c2ccnc(-n3ccnc3)c2)s1. The molecule has 0 atom stereocenters. The highest BCUT2D eigenvalue weighted by molar-refractivity contribution is 7.11. The first-order valence-electron chi connectivity index (χ1n) is 6.50. The Morgan fingerprint density at radius 1 is 1.33 bits per heavy atom. The summed E-state index contributed by atoms with van der Waals surface area (Å²) < 4.78 is 1.76. The standard InChI is InChI=1S/C15H14N4OS/c1-11-2-3-13(21-11)9-18-15(20)12-4-5-17-14(8-12)19-7-6-16-10-19/h2-8,10H,9H2,1H3,(H,18,20). The lowest BCUT2D eigenvalue weighted by Gasteiger charge is -2.06. The number of pyridine rings is 1. The zero-order chi connectivity index (χ0) is 14.7. The number of carbonyl (C=O) groups is 1. The number of hydrogen-bond acceptors (Lipinski definition) is 4. The molecule has 0 saturated carbocycles. The first-order valence-corrected chi connectivity index (χ1v) is 7.32. The molecule has 21 heavy (non-hydrogen) atoms. The van der Waals surface area contributed by atoms with Crippen LogP contribution in [0.3, 0.4) is 0 Å². The number of rotatable bonds is 4. The molecule has 1 N–H and O–H groups in total. The van der Waals surface area contributed by atoms with Crippen LogP contribution in [0.5, 0.6) is 0 Å². The second-order valence-electron chi connectivity index (χ2n) is 4.57. The number of nitrogens with zero attached hydrogens (tertiary/aromatic N) is 3. The summed E-state index contributed by atoms with van der Waals surface area (Å²) in [6.07, 6.45) is 6.74. The molecule has 0 radical (unpaired) electrons. The predicted molar refractivity (Wildman–Crippen MR) is 81.6 cm³/mol. The molecule has 0 aliphatic heterocycles. The lowest BCUT2D eigenvalue weighted by molar-refractivity contribution is 0.0951. The average Bonchev–Trinajstić information content (AvgIpc) is 3.16. The van der Waals surface area contributed by atoms with E-state index in [0.29, 0.717) is 17.9 Å². The first-order chi connectivity index (χ1) is 10.2. The second-order valence-corrected chi connectivity index (χ2v) is 5.94. The number of nitrogens with one attached hydrogen (secondary N) is 1. The maximum atomic E-state index is 12.2. The van der Waals surface area contributed by atoms with E-state index in [0.717, 1.165) is 4.88 Å². The fourth-order valence-corrected chi connectivity index (χ4v) is 2.78. The smallest absolute Gasteiger partial charge is 0.251 e. The third-order valence-electron chi connectivity index (χ3n) is 3.00. The Morgan fingerprint density at radius 2 is 2.24 bits per heavy atom. The van der Waals surface area contributed by atoms with Crippen molar-refractivity contribution < 1.29 is 4.79 Å². The van der Waals surface area contributed by atoms with Crippen LogP contribution in [0.2, 0.25) is 0 Å². The van der Waals surface area contributed by atoms with Gasteiger partial charge in [0.1, 0.15) is 12.1 Å². The van der Waals surface area contributed by atoms with E-state index in [9.17, 15) is 4.79 Å². The van der Waals surface area contributed by atoms with E-state index in [1.54, 1.807) is 53.0 Å². The minimum Gasteiger partial charge on any atom is -0.347 e. The molecule has 0 fully saturated rings. The van der Waals surface area contributed by atoms with Crippen molar-refractivity contribution in [2.75, 3.05) is 0 Å². The van der Waals surface area contributed by atoms with Gasteiger partial charge in [0.25, 0.3) is 5.91 Å². The molecule has 0 bridgehead atoms. The van der Waals surface area contributed by atoms with Gasteiger partial charge in [-0.1, -0.05) is 0 Å². The van der Waals surface area contributed by atoms with Crippen LogP contribution in [0.1, 0.15) is 20.1 Å². The molecule has 0 saturated heterocycles.